The number of ether oxygens (including phenoxy) is 2. The van der Waals surface area contributed by atoms with Crippen LogP contribution in [0, 0.1) is 6.92 Å². The quantitative estimate of drug-likeness (QED) is 0.182. The van der Waals surface area contributed by atoms with Crippen LogP contribution in [-0.2, 0) is 23.6 Å². The fourth-order valence-electron chi connectivity index (χ4n) is 6.34. The third-order valence-electron chi connectivity index (χ3n) is 9.08. The maximum absolute atomic E-state index is 13.8. The van der Waals surface area contributed by atoms with Gasteiger partial charge in [-0.05, 0) is 90.2 Å². The number of nitrogens with zero attached hydrogens (tertiary/aromatic N) is 3. The van der Waals surface area contributed by atoms with Gasteiger partial charge in [-0.3, -0.25) is 4.90 Å². The molecular formula is C36H30F7N3O5. The lowest BCUT2D eigenvalue weighted by Gasteiger charge is -2.36. The molecule has 2 saturated heterocycles. The lowest BCUT2D eigenvalue weighted by atomic mass is 9.93. The van der Waals surface area contributed by atoms with Crippen molar-refractivity contribution in [3.05, 3.63) is 100 Å². The highest BCUT2D eigenvalue weighted by molar-refractivity contribution is 5.89. The highest BCUT2D eigenvalue weighted by atomic mass is 19.4. The Morgan fingerprint density at radius 3 is 2.18 bits per heavy atom. The molecule has 4 aromatic rings. The first-order valence-corrected chi connectivity index (χ1v) is 15.6. The van der Waals surface area contributed by atoms with Gasteiger partial charge in [0.15, 0.2) is 0 Å². The molecule has 0 aliphatic carbocycles. The van der Waals surface area contributed by atoms with Gasteiger partial charge in [0.05, 0.1) is 49.5 Å². The van der Waals surface area contributed by atoms with Crippen LogP contribution in [0.2, 0.25) is 0 Å². The Hall–Kier alpha value is -5.34. The fraction of sp³-hybridized carbons (Fsp3) is 0.306. The number of carbonyl (C=O) groups is 2. The van der Waals surface area contributed by atoms with Crippen molar-refractivity contribution >= 4 is 17.9 Å². The third kappa shape index (κ3) is 7.01. The number of carboxylic acids is 1. The topological polar surface area (TPSA) is 92.2 Å². The lowest BCUT2D eigenvalue weighted by Crippen LogP contribution is -2.48. The highest BCUT2D eigenvalue weighted by Gasteiger charge is 2.43. The summed E-state index contributed by atoms with van der Waals surface area (Å²) < 4.78 is 107. The number of aromatic nitrogens is 1. The number of alkyl halides is 7. The first-order chi connectivity index (χ1) is 23.9. The summed E-state index contributed by atoms with van der Waals surface area (Å²) in [6.07, 6.45) is -12.2. The molecule has 2 atom stereocenters. The number of cyclic esters (lactones) is 1. The monoisotopic (exact) mass is 717 g/mol. The van der Waals surface area contributed by atoms with Crippen LogP contribution >= 0.6 is 0 Å². The summed E-state index contributed by atoms with van der Waals surface area (Å²) in [6, 6.07) is 11.7. The van der Waals surface area contributed by atoms with Crippen LogP contribution in [-0.4, -0.2) is 59.5 Å². The summed E-state index contributed by atoms with van der Waals surface area (Å²) >= 11 is 0. The van der Waals surface area contributed by atoms with Gasteiger partial charge in [-0.1, -0.05) is 12.1 Å². The van der Waals surface area contributed by atoms with Gasteiger partial charge in [-0.2, -0.15) is 26.3 Å². The largest absolute Gasteiger partial charge is 0.496 e. The first kappa shape index (κ1) is 35.5. The van der Waals surface area contributed by atoms with Crippen molar-refractivity contribution in [3.63, 3.8) is 0 Å². The van der Waals surface area contributed by atoms with Gasteiger partial charge >= 0.3 is 24.4 Å². The van der Waals surface area contributed by atoms with E-state index in [4.69, 9.17) is 9.47 Å². The Labute approximate surface area is 287 Å². The number of amides is 1. The number of carbonyl (C=O) groups excluding carboxylic acids is 1. The number of rotatable bonds is 8. The van der Waals surface area contributed by atoms with E-state index in [2.05, 4.69) is 4.98 Å². The Morgan fingerprint density at radius 2 is 1.61 bits per heavy atom. The zero-order valence-corrected chi connectivity index (χ0v) is 27.3. The molecule has 0 bridgehead atoms. The minimum Gasteiger partial charge on any atom is -0.496 e. The smallest absolute Gasteiger partial charge is 0.416 e. The fourth-order valence-corrected chi connectivity index (χ4v) is 6.34. The molecule has 15 heteroatoms. The van der Waals surface area contributed by atoms with Gasteiger partial charge in [-0.15, -0.1) is 0 Å². The zero-order chi connectivity index (χ0) is 37.0. The predicted molar refractivity (Wildman–Crippen MR) is 171 cm³/mol. The van der Waals surface area contributed by atoms with Gasteiger partial charge in [0, 0.05) is 17.3 Å². The number of anilines is 1. The standard InChI is InChI=1S/C36H30F7N3O5/c1-18-8-21(33(47)48)4-6-27(18)20-5-7-30(50-3)28(11-20)29-14-44-31(45-16-26(37)17-45)12-23(29)15-46-19(2)32(51-34(46)49)22-9-24(35(38,39)40)13-25(10-22)36(41,42)43/h4-14,19,26,32H,15-17H2,1-3H3,(H,47,48). The lowest BCUT2D eigenvalue weighted by molar-refractivity contribution is -0.143. The molecular weight excluding hydrogens is 687 g/mol. The molecule has 0 radical (unpaired) electrons. The molecule has 2 aliphatic rings. The summed E-state index contributed by atoms with van der Waals surface area (Å²) in [5.74, 6) is -0.286. The number of halogens is 7. The maximum Gasteiger partial charge on any atom is 0.416 e. The van der Waals surface area contributed by atoms with Crippen molar-refractivity contribution in [1.29, 1.82) is 0 Å². The van der Waals surface area contributed by atoms with E-state index in [9.17, 15) is 45.4 Å². The SMILES string of the molecule is COc1ccc(-c2ccc(C(=O)O)cc2C)cc1-c1cnc(N2CC(F)C2)cc1CN1C(=O)OC(c2cc(C(F)(F)F)cc(C(F)(F)F)c2)C1C. The molecule has 8 nitrogen and oxygen atoms in total. The Morgan fingerprint density at radius 1 is 0.941 bits per heavy atom. The second kappa shape index (κ2) is 13.1. The molecule has 2 unspecified atom stereocenters. The molecule has 3 aromatic carbocycles. The van der Waals surface area contributed by atoms with Crippen LogP contribution in [0.3, 0.4) is 0 Å². The Balaban J connectivity index is 1.41. The van der Waals surface area contributed by atoms with Crippen LogP contribution in [0.15, 0.2) is 66.9 Å². The minimum atomic E-state index is -5.09. The van der Waals surface area contributed by atoms with Gasteiger partial charge < -0.3 is 19.5 Å². The summed E-state index contributed by atoms with van der Waals surface area (Å²) in [4.78, 5) is 32.2. The van der Waals surface area contributed by atoms with Crippen molar-refractivity contribution in [3.8, 4) is 28.0 Å². The van der Waals surface area contributed by atoms with Crippen molar-refractivity contribution < 1.29 is 54.9 Å². The van der Waals surface area contributed by atoms with Crippen molar-refractivity contribution in [2.45, 2.75) is 51.1 Å². The molecule has 1 amide bonds. The van der Waals surface area contributed by atoms with Crippen LogP contribution < -0.4 is 9.64 Å². The van der Waals surface area contributed by atoms with Gasteiger partial charge in [0.2, 0.25) is 0 Å². The molecule has 1 aromatic heterocycles. The number of aromatic carboxylic acids is 1. The second-order valence-corrected chi connectivity index (χ2v) is 12.5. The molecule has 0 spiro atoms. The molecule has 2 fully saturated rings. The molecule has 6 rings (SSSR count). The Kier molecular flexibility index (Phi) is 9.10. The predicted octanol–water partition coefficient (Wildman–Crippen LogP) is 8.71. The summed E-state index contributed by atoms with van der Waals surface area (Å²) in [5.41, 5.74) is 0.120. The van der Waals surface area contributed by atoms with Crippen molar-refractivity contribution in [2.24, 2.45) is 0 Å². The van der Waals surface area contributed by atoms with Crippen LogP contribution in [0.25, 0.3) is 22.3 Å². The average molecular weight is 718 g/mol. The number of carboxylic acid groups (broad SMARTS) is 1. The van der Waals surface area contributed by atoms with Gasteiger partial charge in [0.25, 0.3) is 0 Å². The zero-order valence-electron chi connectivity index (χ0n) is 27.3. The number of methoxy groups -OCH3 is 1. The molecule has 1 N–H and O–H groups in total. The van der Waals surface area contributed by atoms with E-state index >= 15 is 0 Å². The second-order valence-electron chi connectivity index (χ2n) is 12.5. The van der Waals surface area contributed by atoms with Crippen molar-refractivity contribution in [1.82, 2.24) is 9.88 Å². The number of benzene rings is 3. The van der Waals surface area contributed by atoms with E-state index < -0.39 is 59.4 Å². The molecule has 3 heterocycles. The molecule has 268 valence electrons. The van der Waals surface area contributed by atoms with Crippen LogP contribution in [0.5, 0.6) is 5.75 Å². The summed E-state index contributed by atoms with van der Waals surface area (Å²) in [5, 5.41) is 9.41. The van der Waals surface area contributed by atoms with Crippen molar-refractivity contribution in [2.75, 3.05) is 25.1 Å². The molecule has 51 heavy (non-hydrogen) atoms. The number of aryl methyl sites for hydroxylation is 1. The van der Waals surface area contributed by atoms with E-state index in [-0.39, 0.29) is 31.3 Å². The van der Waals surface area contributed by atoms with Gasteiger partial charge in [-0.25, -0.2) is 19.0 Å². The summed E-state index contributed by atoms with van der Waals surface area (Å²) in [7, 11) is 1.45. The number of pyridine rings is 1. The molecule has 0 saturated carbocycles. The van der Waals surface area contributed by atoms with E-state index in [0.717, 1.165) is 5.56 Å². The minimum absolute atomic E-state index is 0.00869. The number of hydrogen-bond donors (Lipinski definition) is 1. The van der Waals surface area contributed by atoms with Crippen LogP contribution in [0.4, 0.5) is 41.3 Å². The molecule has 2 aliphatic heterocycles. The normalized spacial score (nSPS) is 18.1. The number of hydrogen-bond acceptors (Lipinski definition) is 6. The van der Waals surface area contributed by atoms with Crippen LogP contribution in [0.1, 0.15) is 51.2 Å². The third-order valence-corrected chi connectivity index (χ3v) is 9.08. The maximum atomic E-state index is 13.8. The average Bonchev–Trinajstić information content (AvgIpc) is 3.34. The van der Waals surface area contributed by atoms with E-state index in [1.54, 1.807) is 42.2 Å². The van der Waals surface area contributed by atoms with E-state index in [1.165, 1.54) is 37.3 Å². The highest BCUT2D eigenvalue weighted by Crippen LogP contribution is 2.43. The van der Waals surface area contributed by atoms with E-state index in [0.29, 0.717) is 51.5 Å². The van der Waals surface area contributed by atoms with E-state index in [1.807, 2.05) is 0 Å². The van der Waals surface area contributed by atoms with Gasteiger partial charge in [0.1, 0.15) is 23.8 Å². The summed E-state index contributed by atoms with van der Waals surface area (Å²) in [6.45, 7) is 3.17. The Bertz CT molecular complexity index is 1980. The first-order valence-electron chi connectivity index (χ1n) is 15.6.